The van der Waals surface area contributed by atoms with Crippen LogP contribution in [-0.2, 0) is 11.2 Å². The third-order valence-electron chi connectivity index (χ3n) is 4.08. The maximum Gasteiger partial charge on any atom is 0.222 e. The Kier molecular flexibility index (Phi) is 5.91. The Morgan fingerprint density at radius 2 is 2.14 bits per heavy atom. The molecule has 0 saturated carbocycles. The summed E-state index contributed by atoms with van der Waals surface area (Å²) in [7, 11) is 0. The van der Waals surface area contributed by atoms with Gasteiger partial charge in [0.25, 0.3) is 0 Å². The van der Waals surface area contributed by atoms with Gasteiger partial charge >= 0.3 is 0 Å². The molecular weight excluding hydrogens is 307 g/mol. The molecule has 1 aromatic rings. The van der Waals surface area contributed by atoms with Crippen molar-refractivity contribution in [3.05, 3.63) is 33.8 Å². The number of amides is 1. The summed E-state index contributed by atoms with van der Waals surface area (Å²) >= 11 is 11.9. The first kappa shape index (κ1) is 16.6. The first-order valence-electron chi connectivity index (χ1n) is 7.46. The van der Waals surface area contributed by atoms with Crippen LogP contribution in [0.25, 0.3) is 0 Å². The summed E-state index contributed by atoms with van der Waals surface area (Å²) in [6, 6.07) is 6.12. The second kappa shape index (κ2) is 7.48. The lowest BCUT2D eigenvalue weighted by molar-refractivity contribution is -0.134. The van der Waals surface area contributed by atoms with Crippen molar-refractivity contribution in [3.63, 3.8) is 0 Å². The number of nitrogens with two attached hydrogens (primary N) is 1. The fraction of sp³-hybridized carbons (Fsp3) is 0.562. The predicted octanol–water partition coefficient (Wildman–Crippen LogP) is 3.65. The molecule has 2 N–H and O–H groups in total. The molecule has 0 spiro atoms. The molecule has 2 rings (SSSR count). The minimum atomic E-state index is 0.231. The molecule has 1 aromatic carbocycles. The van der Waals surface area contributed by atoms with Crippen LogP contribution in [0.1, 0.15) is 38.2 Å². The lowest BCUT2D eigenvalue weighted by Crippen LogP contribution is -2.48. The number of piperidine rings is 1. The molecule has 1 heterocycles. The van der Waals surface area contributed by atoms with E-state index in [1.165, 1.54) is 0 Å². The summed E-state index contributed by atoms with van der Waals surface area (Å²) in [6.45, 7) is 2.86. The standard InChI is InChI=1S/C16H22Cl2N2O/c1-11-9-13(19)7-8-20(11)16(21)4-2-3-12-5-6-14(17)15(18)10-12/h5-6,10-11,13H,2-4,7-9,19H2,1H3/t11-,13-/m0/s1. The number of aryl methyl sites for hydroxylation is 1. The van der Waals surface area contributed by atoms with E-state index in [9.17, 15) is 4.79 Å². The second-order valence-corrected chi connectivity index (χ2v) is 6.64. The van der Waals surface area contributed by atoms with Crippen molar-refractivity contribution in [2.45, 2.75) is 51.1 Å². The van der Waals surface area contributed by atoms with Gasteiger partial charge in [-0.05, 0) is 50.3 Å². The fourth-order valence-electron chi connectivity index (χ4n) is 2.86. The van der Waals surface area contributed by atoms with Crippen LogP contribution in [0.2, 0.25) is 10.0 Å². The average Bonchev–Trinajstić information content (AvgIpc) is 2.42. The molecule has 1 aliphatic heterocycles. The predicted molar refractivity (Wildman–Crippen MR) is 87.8 cm³/mol. The number of halogens is 2. The summed E-state index contributed by atoms with van der Waals surface area (Å²) in [5, 5.41) is 1.13. The minimum absolute atomic E-state index is 0.231. The number of hydrogen-bond donors (Lipinski definition) is 1. The lowest BCUT2D eigenvalue weighted by Gasteiger charge is -2.36. The highest BCUT2D eigenvalue weighted by molar-refractivity contribution is 6.42. The van der Waals surface area contributed by atoms with E-state index in [1.54, 1.807) is 6.07 Å². The lowest BCUT2D eigenvalue weighted by atomic mass is 9.98. The Morgan fingerprint density at radius 3 is 2.81 bits per heavy atom. The van der Waals surface area contributed by atoms with Gasteiger partial charge in [0.15, 0.2) is 0 Å². The van der Waals surface area contributed by atoms with Crippen molar-refractivity contribution in [2.24, 2.45) is 5.73 Å². The van der Waals surface area contributed by atoms with Crippen LogP contribution in [0, 0.1) is 0 Å². The van der Waals surface area contributed by atoms with E-state index in [0.717, 1.165) is 37.8 Å². The van der Waals surface area contributed by atoms with E-state index in [-0.39, 0.29) is 18.0 Å². The number of carbonyl (C=O) groups excluding carboxylic acids is 1. The Labute approximate surface area is 136 Å². The number of likely N-dealkylation sites (tertiary alicyclic amines) is 1. The van der Waals surface area contributed by atoms with E-state index in [4.69, 9.17) is 28.9 Å². The van der Waals surface area contributed by atoms with Crippen LogP contribution in [0.3, 0.4) is 0 Å². The van der Waals surface area contributed by atoms with Crippen LogP contribution in [0.15, 0.2) is 18.2 Å². The molecule has 1 fully saturated rings. The van der Waals surface area contributed by atoms with E-state index < -0.39 is 0 Å². The molecule has 3 nitrogen and oxygen atoms in total. The molecule has 1 aliphatic rings. The molecule has 0 unspecified atom stereocenters. The topological polar surface area (TPSA) is 46.3 Å². The van der Waals surface area contributed by atoms with Crippen molar-refractivity contribution in [1.82, 2.24) is 4.90 Å². The second-order valence-electron chi connectivity index (χ2n) is 5.82. The van der Waals surface area contributed by atoms with E-state index in [1.807, 2.05) is 17.0 Å². The van der Waals surface area contributed by atoms with Crippen molar-refractivity contribution in [3.8, 4) is 0 Å². The van der Waals surface area contributed by atoms with Crippen LogP contribution in [-0.4, -0.2) is 29.4 Å². The van der Waals surface area contributed by atoms with Crippen molar-refractivity contribution < 1.29 is 4.79 Å². The van der Waals surface area contributed by atoms with Gasteiger partial charge in [-0.3, -0.25) is 4.79 Å². The zero-order valence-corrected chi connectivity index (χ0v) is 13.8. The molecule has 0 bridgehead atoms. The molecule has 5 heteroatoms. The first-order chi connectivity index (χ1) is 9.97. The normalized spacial score (nSPS) is 22.4. The van der Waals surface area contributed by atoms with Gasteiger partial charge in [0.1, 0.15) is 0 Å². The maximum absolute atomic E-state index is 12.3. The molecule has 116 valence electrons. The van der Waals surface area contributed by atoms with Crippen molar-refractivity contribution >= 4 is 29.1 Å². The van der Waals surface area contributed by atoms with Gasteiger partial charge < -0.3 is 10.6 Å². The third kappa shape index (κ3) is 4.60. The van der Waals surface area contributed by atoms with Gasteiger partial charge in [-0.1, -0.05) is 29.3 Å². The number of benzene rings is 1. The van der Waals surface area contributed by atoms with Crippen LogP contribution in [0.4, 0.5) is 0 Å². The monoisotopic (exact) mass is 328 g/mol. The van der Waals surface area contributed by atoms with E-state index in [2.05, 4.69) is 6.92 Å². The van der Waals surface area contributed by atoms with Crippen LogP contribution < -0.4 is 5.73 Å². The molecule has 1 amide bonds. The van der Waals surface area contributed by atoms with Gasteiger partial charge in [0.05, 0.1) is 10.0 Å². The zero-order chi connectivity index (χ0) is 15.4. The Hall–Kier alpha value is -0.770. The van der Waals surface area contributed by atoms with Gasteiger partial charge in [-0.2, -0.15) is 0 Å². The van der Waals surface area contributed by atoms with E-state index in [0.29, 0.717) is 16.5 Å². The van der Waals surface area contributed by atoms with Gasteiger partial charge in [0, 0.05) is 25.0 Å². The van der Waals surface area contributed by atoms with Crippen LogP contribution >= 0.6 is 23.2 Å². The Bertz CT molecular complexity index is 507. The van der Waals surface area contributed by atoms with E-state index >= 15 is 0 Å². The summed E-state index contributed by atoms with van der Waals surface area (Å²) < 4.78 is 0. The van der Waals surface area contributed by atoms with Gasteiger partial charge in [0.2, 0.25) is 5.91 Å². The highest BCUT2D eigenvalue weighted by Gasteiger charge is 2.26. The van der Waals surface area contributed by atoms with Gasteiger partial charge in [-0.25, -0.2) is 0 Å². The molecule has 0 radical (unpaired) electrons. The fourth-order valence-corrected chi connectivity index (χ4v) is 3.18. The molecule has 1 saturated heterocycles. The number of hydrogen-bond acceptors (Lipinski definition) is 2. The summed E-state index contributed by atoms with van der Waals surface area (Å²) in [5.74, 6) is 0.231. The van der Waals surface area contributed by atoms with Crippen molar-refractivity contribution in [2.75, 3.05) is 6.54 Å². The molecule has 0 aliphatic carbocycles. The smallest absolute Gasteiger partial charge is 0.222 e. The summed E-state index contributed by atoms with van der Waals surface area (Å²) in [5.41, 5.74) is 7.05. The Morgan fingerprint density at radius 1 is 1.38 bits per heavy atom. The molecule has 21 heavy (non-hydrogen) atoms. The highest BCUT2D eigenvalue weighted by atomic mass is 35.5. The largest absolute Gasteiger partial charge is 0.340 e. The summed E-state index contributed by atoms with van der Waals surface area (Å²) in [6.07, 6.45) is 4.04. The molecule has 0 aromatic heterocycles. The maximum atomic E-state index is 12.3. The molecular formula is C16H22Cl2N2O. The van der Waals surface area contributed by atoms with Gasteiger partial charge in [-0.15, -0.1) is 0 Å². The molecule has 2 atom stereocenters. The number of rotatable bonds is 4. The first-order valence-corrected chi connectivity index (χ1v) is 8.22. The minimum Gasteiger partial charge on any atom is -0.340 e. The average molecular weight is 329 g/mol. The third-order valence-corrected chi connectivity index (χ3v) is 4.82. The van der Waals surface area contributed by atoms with Crippen molar-refractivity contribution in [1.29, 1.82) is 0 Å². The van der Waals surface area contributed by atoms with Crippen LogP contribution in [0.5, 0.6) is 0 Å². The number of nitrogens with zero attached hydrogens (tertiary/aromatic N) is 1. The quantitative estimate of drug-likeness (QED) is 0.916. The highest BCUT2D eigenvalue weighted by Crippen LogP contribution is 2.23. The SMILES string of the molecule is C[C@H]1C[C@@H](N)CCN1C(=O)CCCc1ccc(Cl)c(Cl)c1. The number of carbonyl (C=O) groups is 1. The summed E-state index contributed by atoms with van der Waals surface area (Å²) in [4.78, 5) is 14.2. The zero-order valence-electron chi connectivity index (χ0n) is 12.3. The Balaban J connectivity index is 1.80.